The number of benzene rings is 5. The summed E-state index contributed by atoms with van der Waals surface area (Å²) in [4.78, 5) is 9.98. The summed E-state index contributed by atoms with van der Waals surface area (Å²) in [5.41, 5.74) is 9.80. The summed E-state index contributed by atoms with van der Waals surface area (Å²) in [6.45, 7) is 0. The molecule has 0 saturated carbocycles. The lowest BCUT2D eigenvalue weighted by atomic mass is 9.93. The maximum atomic E-state index is 4.99. The third kappa shape index (κ3) is 3.79. The molecule has 2 heterocycles. The smallest absolute Gasteiger partial charge is 0.160 e. The van der Waals surface area contributed by atoms with E-state index in [0.29, 0.717) is 0 Å². The van der Waals surface area contributed by atoms with Crippen molar-refractivity contribution in [2.24, 2.45) is 0 Å². The lowest BCUT2D eigenvalue weighted by Crippen LogP contribution is -2.07. The summed E-state index contributed by atoms with van der Waals surface area (Å²) >= 11 is 0. The second kappa shape index (κ2) is 9.17. The Morgan fingerprint density at radius 3 is 1.74 bits per heavy atom. The second-order valence-corrected chi connectivity index (χ2v) is 9.56. The number of hydrogen-bond donors (Lipinski definition) is 0. The molecule has 7 aromatic rings. The van der Waals surface area contributed by atoms with Crippen molar-refractivity contribution in [1.29, 1.82) is 0 Å². The Morgan fingerprint density at radius 1 is 0.500 bits per heavy atom. The van der Waals surface area contributed by atoms with Crippen LogP contribution in [0, 0.1) is 0 Å². The van der Waals surface area contributed by atoms with E-state index in [-0.39, 0.29) is 0 Å². The molecule has 0 spiro atoms. The summed E-state index contributed by atoms with van der Waals surface area (Å²) in [5, 5.41) is 2.54. The highest BCUT2D eigenvalue weighted by molar-refractivity contribution is 6.40. The van der Waals surface area contributed by atoms with E-state index in [9.17, 15) is 0 Å². The highest BCUT2D eigenvalue weighted by Gasteiger charge is 2.15. The van der Waals surface area contributed by atoms with Crippen LogP contribution in [-0.2, 0) is 0 Å². The lowest BCUT2D eigenvalue weighted by Gasteiger charge is -2.12. The maximum Gasteiger partial charge on any atom is 0.160 e. The normalized spacial score (nSPS) is 11.3. The van der Waals surface area contributed by atoms with E-state index in [1.807, 2.05) is 36.4 Å². The van der Waals surface area contributed by atoms with E-state index in [1.54, 1.807) is 0 Å². The minimum absolute atomic E-state index is 0.718. The first-order valence-corrected chi connectivity index (χ1v) is 12.9. The lowest BCUT2D eigenvalue weighted by molar-refractivity contribution is 1.17. The molecule has 3 nitrogen and oxygen atoms in total. The van der Waals surface area contributed by atoms with Crippen LogP contribution in [0.1, 0.15) is 0 Å². The van der Waals surface area contributed by atoms with E-state index in [1.165, 1.54) is 27.3 Å². The van der Waals surface area contributed by atoms with Gasteiger partial charge in [-0.05, 0) is 36.4 Å². The number of fused-ring (bicyclic) bond motifs is 3. The third-order valence-corrected chi connectivity index (χ3v) is 7.15. The van der Waals surface area contributed by atoms with Crippen molar-refractivity contribution in [3.8, 4) is 39.6 Å². The van der Waals surface area contributed by atoms with Crippen molar-refractivity contribution in [3.63, 3.8) is 0 Å². The molecule has 0 atom stereocenters. The van der Waals surface area contributed by atoms with Crippen LogP contribution in [0.15, 0.2) is 133 Å². The molecule has 0 bridgehead atoms. The topological polar surface area (TPSA) is 30.7 Å². The molecule has 38 heavy (non-hydrogen) atoms. The van der Waals surface area contributed by atoms with Gasteiger partial charge >= 0.3 is 0 Å². The fourth-order valence-corrected chi connectivity index (χ4v) is 5.31. The fourth-order valence-electron chi connectivity index (χ4n) is 5.31. The Morgan fingerprint density at radius 2 is 1.08 bits per heavy atom. The van der Waals surface area contributed by atoms with Gasteiger partial charge in [0, 0.05) is 38.7 Å². The van der Waals surface area contributed by atoms with Crippen LogP contribution in [0.25, 0.3) is 61.4 Å². The van der Waals surface area contributed by atoms with E-state index >= 15 is 0 Å². The molecule has 178 valence electrons. The second-order valence-electron chi connectivity index (χ2n) is 9.56. The van der Waals surface area contributed by atoms with Crippen molar-refractivity contribution in [3.05, 3.63) is 133 Å². The average Bonchev–Trinajstić information content (AvgIpc) is 3.34. The molecule has 4 heteroatoms. The van der Waals surface area contributed by atoms with Gasteiger partial charge in [0.05, 0.1) is 16.9 Å². The van der Waals surface area contributed by atoms with Gasteiger partial charge in [0.2, 0.25) is 0 Å². The zero-order valence-corrected chi connectivity index (χ0v) is 21.0. The Kier molecular flexibility index (Phi) is 5.37. The Bertz CT molecular complexity index is 1850. The van der Waals surface area contributed by atoms with Crippen molar-refractivity contribution < 1.29 is 0 Å². The molecule has 0 amide bonds. The minimum atomic E-state index is 0.718. The number of hydrogen-bond acceptors (Lipinski definition) is 2. The van der Waals surface area contributed by atoms with Gasteiger partial charge in [0.25, 0.3) is 0 Å². The Hall–Kier alpha value is -4.96. The molecule has 0 radical (unpaired) electrons. The molecule has 0 unspecified atom stereocenters. The van der Waals surface area contributed by atoms with Gasteiger partial charge in [-0.2, -0.15) is 0 Å². The van der Waals surface area contributed by atoms with Gasteiger partial charge in [0.1, 0.15) is 7.85 Å². The van der Waals surface area contributed by atoms with Crippen molar-refractivity contribution in [1.82, 2.24) is 14.5 Å². The van der Waals surface area contributed by atoms with E-state index in [2.05, 4.69) is 109 Å². The molecule has 2 aromatic heterocycles. The highest BCUT2D eigenvalue weighted by atomic mass is 15.0. The SMILES string of the molecule is Bc1cccc2c3ccccc3n(-c3ccc(-c4nc(-c5ccccc5)cc(-c5ccccc5)n4)cc3)c12. The minimum Gasteiger partial charge on any atom is -0.310 e. The first kappa shape index (κ1) is 22.3. The number of rotatable bonds is 4. The molecular weight excluding hydrogens is 461 g/mol. The summed E-state index contributed by atoms with van der Waals surface area (Å²) in [7, 11) is 2.18. The van der Waals surface area contributed by atoms with Crippen LogP contribution in [0.2, 0.25) is 0 Å². The molecule has 0 aliphatic carbocycles. The van der Waals surface area contributed by atoms with Crippen molar-refractivity contribution in [2.75, 3.05) is 0 Å². The average molecular weight is 485 g/mol. The van der Waals surface area contributed by atoms with E-state index < -0.39 is 0 Å². The third-order valence-electron chi connectivity index (χ3n) is 7.15. The van der Waals surface area contributed by atoms with Crippen LogP contribution in [0.5, 0.6) is 0 Å². The monoisotopic (exact) mass is 485 g/mol. The Balaban J connectivity index is 1.38. The van der Waals surface area contributed by atoms with Gasteiger partial charge in [-0.15, -0.1) is 0 Å². The highest BCUT2D eigenvalue weighted by Crippen LogP contribution is 2.32. The molecule has 0 fully saturated rings. The fraction of sp³-hybridized carbons (Fsp3) is 0. The van der Waals surface area contributed by atoms with E-state index in [4.69, 9.17) is 9.97 Å². The first-order valence-electron chi connectivity index (χ1n) is 12.9. The van der Waals surface area contributed by atoms with E-state index in [0.717, 1.165) is 39.6 Å². The van der Waals surface area contributed by atoms with Gasteiger partial charge < -0.3 is 4.57 Å². The van der Waals surface area contributed by atoms with Crippen molar-refractivity contribution >= 4 is 35.1 Å². The van der Waals surface area contributed by atoms with Gasteiger partial charge in [-0.1, -0.05) is 103 Å². The zero-order valence-electron chi connectivity index (χ0n) is 21.0. The zero-order chi connectivity index (χ0) is 25.5. The summed E-state index contributed by atoms with van der Waals surface area (Å²) < 4.78 is 2.36. The number of para-hydroxylation sites is 2. The van der Waals surface area contributed by atoms with Crippen molar-refractivity contribution in [2.45, 2.75) is 0 Å². The molecule has 7 rings (SSSR count). The van der Waals surface area contributed by atoms with Gasteiger partial charge in [-0.25, -0.2) is 9.97 Å². The predicted octanol–water partition coefficient (Wildman–Crippen LogP) is 6.83. The molecular formula is C34H24BN3. The van der Waals surface area contributed by atoms with Crippen LogP contribution in [-0.4, -0.2) is 22.4 Å². The number of aromatic nitrogens is 3. The summed E-state index contributed by atoms with van der Waals surface area (Å²) in [6.07, 6.45) is 0. The molecule has 0 saturated heterocycles. The molecule has 0 aliphatic rings. The largest absolute Gasteiger partial charge is 0.310 e. The molecule has 0 N–H and O–H groups in total. The quantitative estimate of drug-likeness (QED) is 0.256. The van der Waals surface area contributed by atoms with Gasteiger partial charge in [-0.3, -0.25) is 0 Å². The van der Waals surface area contributed by atoms with Crippen LogP contribution >= 0.6 is 0 Å². The summed E-state index contributed by atoms with van der Waals surface area (Å²) in [6, 6.07) is 46.4. The van der Waals surface area contributed by atoms with Crippen LogP contribution in [0.3, 0.4) is 0 Å². The predicted molar refractivity (Wildman–Crippen MR) is 161 cm³/mol. The maximum absolute atomic E-state index is 4.99. The number of nitrogens with zero attached hydrogens (tertiary/aromatic N) is 3. The standard InChI is InChI=1S/C34H24BN3/c35-29-16-9-15-28-27-14-7-8-17-32(27)38(33(28)29)26-20-18-25(19-21-26)34-36-30(23-10-3-1-4-11-23)22-31(37-34)24-12-5-2-6-13-24/h1-22H,35H2. The first-order chi connectivity index (χ1) is 18.8. The molecule has 0 aliphatic heterocycles. The van der Waals surface area contributed by atoms with Crippen LogP contribution < -0.4 is 5.46 Å². The van der Waals surface area contributed by atoms with Gasteiger partial charge in [0.15, 0.2) is 5.82 Å². The Labute approximate surface area is 222 Å². The molecule has 5 aromatic carbocycles. The summed E-state index contributed by atoms with van der Waals surface area (Å²) in [5.74, 6) is 0.718. The van der Waals surface area contributed by atoms with Crippen LogP contribution in [0.4, 0.5) is 0 Å².